The van der Waals surface area contributed by atoms with Crippen LogP contribution in [0.2, 0.25) is 0 Å². The first kappa shape index (κ1) is 18.5. The zero-order valence-corrected chi connectivity index (χ0v) is 14.2. The van der Waals surface area contributed by atoms with Gasteiger partial charge in [0.15, 0.2) is 0 Å². The fourth-order valence-electron chi connectivity index (χ4n) is 2.00. The summed E-state index contributed by atoms with van der Waals surface area (Å²) in [5, 5.41) is 6.07. The van der Waals surface area contributed by atoms with Gasteiger partial charge >= 0.3 is 0 Å². The smallest absolute Gasteiger partial charge is 0.238 e. The van der Waals surface area contributed by atoms with Gasteiger partial charge in [-0.05, 0) is 31.9 Å². The summed E-state index contributed by atoms with van der Waals surface area (Å²) in [5.41, 5.74) is 0.780. The van der Waals surface area contributed by atoms with Gasteiger partial charge in [0.2, 0.25) is 5.91 Å². The van der Waals surface area contributed by atoms with Crippen molar-refractivity contribution in [3.8, 4) is 5.75 Å². The van der Waals surface area contributed by atoms with Crippen LogP contribution < -0.4 is 15.4 Å². The van der Waals surface area contributed by atoms with Crippen LogP contribution in [0.4, 0.5) is 5.69 Å². The standard InChI is InChI=1S/C18H30N2O2/c1-4-6-7-8-12-22-17-11-9-10-16(13-17)20-18(21)14-19-15(3)5-2/h9-11,13,15,19H,4-8,12,14H2,1-3H3,(H,20,21). The number of hydrogen-bond acceptors (Lipinski definition) is 3. The Morgan fingerprint density at radius 2 is 2.05 bits per heavy atom. The molecule has 4 heteroatoms. The molecular formula is C18H30N2O2. The second-order valence-electron chi connectivity index (χ2n) is 5.68. The number of nitrogens with one attached hydrogen (secondary N) is 2. The molecule has 1 aromatic carbocycles. The quantitative estimate of drug-likeness (QED) is 0.608. The van der Waals surface area contributed by atoms with Crippen molar-refractivity contribution >= 4 is 11.6 Å². The van der Waals surface area contributed by atoms with Gasteiger partial charge in [0, 0.05) is 17.8 Å². The van der Waals surface area contributed by atoms with Gasteiger partial charge in [-0.25, -0.2) is 0 Å². The van der Waals surface area contributed by atoms with Crippen molar-refractivity contribution in [2.45, 2.75) is 58.9 Å². The lowest BCUT2D eigenvalue weighted by molar-refractivity contribution is -0.115. The molecule has 0 aliphatic carbocycles. The van der Waals surface area contributed by atoms with E-state index in [9.17, 15) is 4.79 Å². The number of amides is 1. The first-order chi connectivity index (χ1) is 10.7. The van der Waals surface area contributed by atoms with Crippen LogP contribution in [0.3, 0.4) is 0 Å². The van der Waals surface area contributed by atoms with Crippen LogP contribution in [0.1, 0.15) is 52.9 Å². The van der Waals surface area contributed by atoms with E-state index in [4.69, 9.17) is 4.74 Å². The predicted octanol–water partition coefficient (Wildman–Crippen LogP) is 3.97. The number of ether oxygens (including phenoxy) is 1. The first-order valence-corrected chi connectivity index (χ1v) is 8.41. The van der Waals surface area contributed by atoms with E-state index < -0.39 is 0 Å². The Morgan fingerprint density at radius 3 is 2.77 bits per heavy atom. The molecule has 1 unspecified atom stereocenters. The molecule has 0 saturated carbocycles. The normalized spacial score (nSPS) is 12.0. The number of hydrogen-bond donors (Lipinski definition) is 2. The molecule has 2 N–H and O–H groups in total. The van der Waals surface area contributed by atoms with Crippen molar-refractivity contribution in [2.24, 2.45) is 0 Å². The van der Waals surface area contributed by atoms with Crippen molar-refractivity contribution < 1.29 is 9.53 Å². The minimum atomic E-state index is -0.0274. The van der Waals surface area contributed by atoms with Gasteiger partial charge < -0.3 is 15.4 Å². The lowest BCUT2D eigenvalue weighted by Crippen LogP contribution is -2.33. The monoisotopic (exact) mass is 306 g/mol. The zero-order valence-electron chi connectivity index (χ0n) is 14.2. The predicted molar refractivity (Wildman–Crippen MR) is 92.5 cm³/mol. The molecule has 0 heterocycles. The van der Waals surface area contributed by atoms with E-state index >= 15 is 0 Å². The SMILES string of the molecule is CCCCCCOc1cccc(NC(=O)CNC(C)CC)c1. The highest BCUT2D eigenvalue weighted by atomic mass is 16.5. The number of unbranched alkanes of at least 4 members (excludes halogenated alkanes) is 3. The Balaban J connectivity index is 2.35. The van der Waals surface area contributed by atoms with E-state index in [-0.39, 0.29) is 5.91 Å². The summed E-state index contributed by atoms with van der Waals surface area (Å²) in [6, 6.07) is 7.93. The third kappa shape index (κ3) is 8.03. The van der Waals surface area contributed by atoms with Crippen molar-refractivity contribution in [1.29, 1.82) is 0 Å². The first-order valence-electron chi connectivity index (χ1n) is 8.41. The van der Waals surface area contributed by atoms with E-state index in [0.29, 0.717) is 12.6 Å². The summed E-state index contributed by atoms with van der Waals surface area (Å²) < 4.78 is 5.72. The minimum absolute atomic E-state index is 0.0274. The Bertz CT molecular complexity index is 435. The maximum atomic E-state index is 11.9. The summed E-state index contributed by atoms with van der Waals surface area (Å²) in [7, 11) is 0. The molecule has 0 aliphatic heterocycles. The summed E-state index contributed by atoms with van der Waals surface area (Å²) in [6.07, 6.45) is 5.76. The Hall–Kier alpha value is -1.55. The van der Waals surface area contributed by atoms with Crippen LogP contribution in [0.25, 0.3) is 0 Å². The summed E-state index contributed by atoms with van der Waals surface area (Å²) in [6.45, 7) is 7.42. The molecule has 0 radical (unpaired) electrons. The molecule has 1 aromatic rings. The van der Waals surface area contributed by atoms with Gasteiger partial charge in [0.25, 0.3) is 0 Å². The van der Waals surface area contributed by atoms with E-state index in [1.54, 1.807) is 0 Å². The van der Waals surface area contributed by atoms with Gasteiger partial charge in [0.05, 0.1) is 13.2 Å². The summed E-state index contributed by atoms with van der Waals surface area (Å²) >= 11 is 0. The molecule has 1 amide bonds. The molecule has 124 valence electrons. The molecule has 0 saturated heterocycles. The Labute approximate surface area is 134 Å². The molecule has 22 heavy (non-hydrogen) atoms. The second kappa shape index (κ2) is 11.1. The lowest BCUT2D eigenvalue weighted by Gasteiger charge is -2.12. The third-order valence-corrected chi connectivity index (χ3v) is 3.61. The molecule has 1 rings (SSSR count). The number of benzene rings is 1. The average Bonchev–Trinajstić information content (AvgIpc) is 2.52. The molecule has 0 fully saturated rings. The largest absolute Gasteiger partial charge is 0.494 e. The van der Waals surface area contributed by atoms with Crippen molar-refractivity contribution in [1.82, 2.24) is 5.32 Å². The summed E-state index contributed by atoms with van der Waals surface area (Å²) in [5.74, 6) is 0.782. The molecule has 0 bridgehead atoms. The average molecular weight is 306 g/mol. The molecule has 0 aliphatic rings. The third-order valence-electron chi connectivity index (χ3n) is 3.61. The zero-order chi connectivity index (χ0) is 16.2. The molecule has 1 atom stereocenters. The van der Waals surface area contributed by atoms with Crippen LogP contribution in [0.15, 0.2) is 24.3 Å². The lowest BCUT2D eigenvalue weighted by atomic mass is 10.2. The number of carbonyl (C=O) groups excluding carboxylic acids is 1. The van der Waals surface area contributed by atoms with E-state index in [1.807, 2.05) is 24.3 Å². The summed E-state index contributed by atoms with van der Waals surface area (Å²) in [4.78, 5) is 11.9. The topological polar surface area (TPSA) is 50.4 Å². The van der Waals surface area contributed by atoms with Crippen LogP contribution in [0.5, 0.6) is 5.75 Å². The van der Waals surface area contributed by atoms with Crippen molar-refractivity contribution in [2.75, 3.05) is 18.5 Å². The minimum Gasteiger partial charge on any atom is -0.494 e. The highest BCUT2D eigenvalue weighted by Crippen LogP contribution is 2.17. The van der Waals surface area contributed by atoms with E-state index in [1.165, 1.54) is 19.3 Å². The molecule has 4 nitrogen and oxygen atoms in total. The molecular weight excluding hydrogens is 276 g/mol. The fourth-order valence-corrected chi connectivity index (χ4v) is 2.00. The van der Waals surface area contributed by atoms with Crippen LogP contribution >= 0.6 is 0 Å². The van der Waals surface area contributed by atoms with Gasteiger partial charge in [-0.2, -0.15) is 0 Å². The number of rotatable bonds is 11. The Morgan fingerprint density at radius 1 is 1.23 bits per heavy atom. The van der Waals surface area contributed by atoms with Gasteiger partial charge in [-0.15, -0.1) is 0 Å². The molecule has 0 aromatic heterocycles. The highest BCUT2D eigenvalue weighted by Gasteiger charge is 2.05. The van der Waals surface area contributed by atoms with Gasteiger partial charge in [0.1, 0.15) is 5.75 Å². The maximum absolute atomic E-state index is 11.9. The highest BCUT2D eigenvalue weighted by molar-refractivity contribution is 5.92. The van der Waals surface area contributed by atoms with Crippen LogP contribution in [-0.4, -0.2) is 25.1 Å². The van der Waals surface area contributed by atoms with Crippen LogP contribution in [-0.2, 0) is 4.79 Å². The van der Waals surface area contributed by atoms with E-state index in [0.717, 1.165) is 30.9 Å². The van der Waals surface area contributed by atoms with Crippen molar-refractivity contribution in [3.05, 3.63) is 24.3 Å². The number of anilines is 1. The molecule has 0 spiro atoms. The van der Waals surface area contributed by atoms with Crippen LogP contribution in [0, 0.1) is 0 Å². The van der Waals surface area contributed by atoms with Crippen molar-refractivity contribution in [3.63, 3.8) is 0 Å². The Kier molecular flexibility index (Phi) is 9.31. The second-order valence-corrected chi connectivity index (χ2v) is 5.68. The van der Waals surface area contributed by atoms with Gasteiger partial charge in [-0.3, -0.25) is 4.79 Å². The van der Waals surface area contributed by atoms with E-state index in [2.05, 4.69) is 31.4 Å². The van der Waals surface area contributed by atoms with Gasteiger partial charge in [-0.1, -0.05) is 39.2 Å². The number of carbonyl (C=O) groups is 1. The fraction of sp³-hybridized carbons (Fsp3) is 0.611. The maximum Gasteiger partial charge on any atom is 0.238 e.